The van der Waals surface area contributed by atoms with Gasteiger partial charge in [0.1, 0.15) is 10.4 Å². The number of nitrogens with zero attached hydrogens (tertiary/aromatic N) is 4. The average molecular weight is 302 g/mol. The van der Waals surface area contributed by atoms with E-state index in [1.54, 1.807) is 0 Å². The number of aromatic nitrogens is 3. The van der Waals surface area contributed by atoms with Crippen LogP contribution in [0.1, 0.15) is 0 Å². The van der Waals surface area contributed by atoms with Gasteiger partial charge >= 0.3 is 5.69 Å². The van der Waals surface area contributed by atoms with Crippen LogP contribution in [-0.2, 0) is 7.05 Å². The zero-order chi connectivity index (χ0) is 15.1. The minimum Gasteiger partial charge on any atom is -0.368 e. The second-order valence-electron chi connectivity index (χ2n) is 4.90. The van der Waals surface area contributed by atoms with Crippen molar-refractivity contribution in [2.24, 2.45) is 7.05 Å². The molecule has 0 radical (unpaired) electrons. The standard InChI is InChI=1S/C14H14N4O2S/c1-16(2)13-10-11(15-21-13)18(9-7-5-4-6-8-9)14(20)17(3)12(10)19/h4-8H,1-3H3. The summed E-state index contributed by atoms with van der Waals surface area (Å²) < 4.78 is 6.92. The summed E-state index contributed by atoms with van der Waals surface area (Å²) >= 11 is 1.21. The Morgan fingerprint density at radius 1 is 1.14 bits per heavy atom. The Hall–Kier alpha value is -2.41. The molecule has 21 heavy (non-hydrogen) atoms. The number of benzene rings is 1. The highest BCUT2D eigenvalue weighted by molar-refractivity contribution is 7.11. The maximum absolute atomic E-state index is 12.5. The number of hydrogen-bond acceptors (Lipinski definition) is 5. The first-order valence-electron chi connectivity index (χ1n) is 6.36. The zero-order valence-electron chi connectivity index (χ0n) is 11.9. The van der Waals surface area contributed by atoms with Gasteiger partial charge in [-0.1, -0.05) is 18.2 Å². The van der Waals surface area contributed by atoms with Gasteiger partial charge in [0.05, 0.1) is 5.69 Å². The van der Waals surface area contributed by atoms with Crippen molar-refractivity contribution < 1.29 is 0 Å². The van der Waals surface area contributed by atoms with Crippen LogP contribution in [-0.4, -0.2) is 27.6 Å². The molecule has 0 bridgehead atoms. The fourth-order valence-electron chi connectivity index (χ4n) is 2.22. The number of anilines is 1. The molecule has 0 unspecified atom stereocenters. The minimum absolute atomic E-state index is 0.320. The molecule has 3 rings (SSSR count). The first kappa shape index (κ1) is 13.6. The van der Waals surface area contributed by atoms with Crippen molar-refractivity contribution in [2.75, 3.05) is 19.0 Å². The van der Waals surface area contributed by atoms with Crippen molar-refractivity contribution in [1.29, 1.82) is 0 Å². The summed E-state index contributed by atoms with van der Waals surface area (Å²) in [6.07, 6.45) is 0. The second kappa shape index (κ2) is 4.85. The maximum Gasteiger partial charge on any atom is 0.337 e. The lowest BCUT2D eigenvalue weighted by Crippen LogP contribution is -2.37. The number of rotatable bonds is 2. The second-order valence-corrected chi connectivity index (χ2v) is 5.65. The lowest BCUT2D eigenvalue weighted by Gasteiger charge is -2.11. The molecule has 0 N–H and O–H groups in total. The van der Waals surface area contributed by atoms with E-state index in [1.165, 1.54) is 23.1 Å². The third-order valence-electron chi connectivity index (χ3n) is 3.29. The lowest BCUT2D eigenvalue weighted by atomic mass is 10.3. The van der Waals surface area contributed by atoms with Gasteiger partial charge < -0.3 is 4.90 Å². The molecule has 0 aliphatic carbocycles. The van der Waals surface area contributed by atoms with Gasteiger partial charge in [-0.05, 0) is 23.7 Å². The smallest absolute Gasteiger partial charge is 0.337 e. The summed E-state index contributed by atoms with van der Waals surface area (Å²) in [5.74, 6) is 0. The molecule has 0 aliphatic heterocycles. The van der Waals surface area contributed by atoms with E-state index in [9.17, 15) is 9.59 Å². The molecule has 0 aliphatic rings. The van der Waals surface area contributed by atoms with E-state index in [4.69, 9.17) is 0 Å². The van der Waals surface area contributed by atoms with Gasteiger partial charge in [0.25, 0.3) is 5.56 Å². The Morgan fingerprint density at radius 3 is 2.43 bits per heavy atom. The molecule has 2 aromatic heterocycles. The summed E-state index contributed by atoms with van der Waals surface area (Å²) in [5.41, 5.74) is 0.385. The Labute approximate surface area is 124 Å². The van der Waals surface area contributed by atoms with Gasteiger partial charge in [-0.2, -0.15) is 4.37 Å². The molecule has 0 spiro atoms. The Bertz CT molecular complexity index is 922. The molecule has 6 nitrogen and oxygen atoms in total. The van der Waals surface area contributed by atoms with Crippen molar-refractivity contribution in [3.05, 3.63) is 51.2 Å². The predicted octanol–water partition coefficient (Wildman–Crippen LogP) is 1.21. The molecule has 108 valence electrons. The maximum atomic E-state index is 12.5. The van der Waals surface area contributed by atoms with E-state index < -0.39 is 5.69 Å². The molecule has 0 fully saturated rings. The molecule has 3 aromatic rings. The zero-order valence-corrected chi connectivity index (χ0v) is 12.7. The van der Waals surface area contributed by atoms with Crippen molar-refractivity contribution in [3.63, 3.8) is 0 Å². The van der Waals surface area contributed by atoms with Crippen molar-refractivity contribution >= 4 is 27.6 Å². The summed E-state index contributed by atoms with van der Waals surface area (Å²) in [5, 5.41) is 1.21. The van der Waals surface area contributed by atoms with Crippen LogP contribution in [0.4, 0.5) is 5.00 Å². The fourth-order valence-corrected chi connectivity index (χ4v) is 3.00. The molecule has 0 saturated heterocycles. The quantitative estimate of drug-likeness (QED) is 0.714. The lowest BCUT2D eigenvalue weighted by molar-refractivity contribution is 0.750. The monoisotopic (exact) mass is 302 g/mol. The highest BCUT2D eigenvalue weighted by Crippen LogP contribution is 2.27. The van der Waals surface area contributed by atoms with E-state index in [0.717, 1.165) is 9.57 Å². The van der Waals surface area contributed by atoms with Gasteiger partial charge in [0.15, 0.2) is 5.65 Å². The molecular formula is C14H14N4O2S. The number of hydrogen-bond donors (Lipinski definition) is 0. The molecule has 0 amide bonds. The van der Waals surface area contributed by atoms with Crippen LogP contribution in [0.2, 0.25) is 0 Å². The summed E-state index contributed by atoms with van der Waals surface area (Å²) in [6, 6.07) is 9.20. The van der Waals surface area contributed by atoms with Crippen molar-refractivity contribution in [1.82, 2.24) is 13.5 Å². The Balaban J connectivity index is 2.52. The average Bonchev–Trinajstić information content (AvgIpc) is 2.91. The normalized spacial score (nSPS) is 11.0. The van der Waals surface area contributed by atoms with Crippen LogP contribution >= 0.6 is 11.5 Å². The highest BCUT2D eigenvalue weighted by Gasteiger charge is 2.19. The van der Waals surface area contributed by atoms with Crippen LogP contribution in [0.15, 0.2) is 39.9 Å². The number of para-hydroxylation sites is 1. The van der Waals surface area contributed by atoms with Crippen LogP contribution < -0.4 is 16.1 Å². The largest absolute Gasteiger partial charge is 0.368 e. The van der Waals surface area contributed by atoms with Gasteiger partial charge in [-0.15, -0.1) is 0 Å². The van der Waals surface area contributed by atoms with Crippen molar-refractivity contribution in [2.45, 2.75) is 0 Å². The molecule has 0 atom stereocenters. The van der Waals surface area contributed by atoms with E-state index in [2.05, 4.69) is 4.37 Å². The van der Waals surface area contributed by atoms with E-state index in [-0.39, 0.29) is 5.56 Å². The van der Waals surface area contributed by atoms with E-state index in [1.807, 2.05) is 49.3 Å². The Kier molecular flexibility index (Phi) is 3.13. The summed E-state index contributed by atoms with van der Waals surface area (Å²) in [4.78, 5) is 26.7. The van der Waals surface area contributed by atoms with Crippen LogP contribution in [0.25, 0.3) is 16.7 Å². The van der Waals surface area contributed by atoms with E-state index >= 15 is 0 Å². The van der Waals surface area contributed by atoms with Crippen molar-refractivity contribution in [3.8, 4) is 5.69 Å². The van der Waals surface area contributed by atoms with Gasteiger partial charge in [-0.3, -0.25) is 9.36 Å². The third-order valence-corrected chi connectivity index (χ3v) is 4.29. The summed E-state index contributed by atoms with van der Waals surface area (Å²) in [6.45, 7) is 0. The molecule has 7 heteroatoms. The molecule has 1 aromatic carbocycles. The minimum atomic E-state index is -0.394. The fraction of sp³-hybridized carbons (Fsp3) is 0.214. The van der Waals surface area contributed by atoms with Gasteiger partial charge in [0.2, 0.25) is 0 Å². The molecule has 0 saturated carbocycles. The predicted molar refractivity (Wildman–Crippen MR) is 84.8 cm³/mol. The SMILES string of the molecule is CN(C)c1snc2c1c(=O)n(C)c(=O)n2-c1ccccc1. The molecular weight excluding hydrogens is 288 g/mol. The molecule has 2 heterocycles. The van der Waals surface area contributed by atoms with Crippen LogP contribution in [0.5, 0.6) is 0 Å². The number of fused-ring (bicyclic) bond motifs is 1. The van der Waals surface area contributed by atoms with Gasteiger partial charge in [0, 0.05) is 21.1 Å². The van der Waals surface area contributed by atoms with Gasteiger partial charge in [-0.25, -0.2) is 9.36 Å². The first-order chi connectivity index (χ1) is 10.0. The van der Waals surface area contributed by atoms with Crippen LogP contribution in [0, 0.1) is 0 Å². The first-order valence-corrected chi connectivity index (χ1v) is 7.14. The Morgan fingerprint density at radius 2 is 1.81 bits per heavy atom. The summed E-state index contributed by atoms with van der Waals surface area (Å²) in [7, 11) is 5.19. The van der Waals surface area contributed by atoms with Crippen LogP contribution in [0.3, 0.4) is 0 Å². The third kappa shape index (κ3) is 1.97. The topological polar surface area (TPSA) is 60.1 Å². The highest BCUT2D eigenvalue weighted by atomic mass is 32.1. The van der Waals surface area contributed by atoms with E-state index in [0.29, 0.717) is 16.7 Å².